The molecule has 1 fully saturated rings. The fourth-order valence-electron chi connectivity index (χ4n) is 3.20. The summed E-state index contributed by atoms with van der Waals surface area (Å²) < 4.78 is 5.18. The molecule has 0 radical (unpaired) electrons. The predicted molar refractivity (Wildman–Crippen MR) is 94.5 cm³/mol. The third-order valence-corrected chi connectivity index (χ3v) is 4.58. The number of aliphatic hydroxyl groups is 1. The second-order valence-corrected chi connectivity index (χ2v) is 6.19. The molecule has 1 aromatic heterocycles. The Hall–Kier alpha value is -2.78. The first-order chi connectivity index (χ1) is 12.2. The summed E-state index contributed by atoms with van der Waals surface area (Å²) in [7, 11) is 0. The summed E-state index contributed by atoms with van der Waals surface area (Å²) in [5.41, 5.74) is 1.70. The maximum absolute atomic E-state index is 12.4. The van der Waals surface area contributed by atoms with Gasteiger partial charge in [0.15, 0.2) is 5.76 Å². The van der Waals surface area contributed by atoms with Gasteiger partial charge in [-0.25, -0.2) is 0 Å². The summed E-state index contributed by atoms with van der Waals surface area (Å²) in [6.45, 7) is 2.04. The van der Waals surface area contributed by atoms with E-state index in [-0.39, 0.29) is 24.0 Å². The van der Waals surface area contributed by atoms with Crippen LogP contribution in [0.2, 0.25) is 0 Å². The minimum absolute atomic E-state index is 0.115. The van der Waals surface area contributed by atoms with Crippen molar-refractivity contribution in [2.45, 2.75) is 19.3 Å². The number of furan rings is 1. The molecular weight excluding hydrogens is 318 g/mol. The summed E-state index contributed by atoms with van der Waals surface area (Å²) >= 11 is 0. The largest absolute Gasteiger partial charge is 0.440 e. The number of rotatable bonds is 5. The predicted octanol–water partition coefficient (Wildman–Crippen LogP) is 3.00. The SMILES string of the molecule is N#Cc1ccc(C(=O)Nc2ccccc2N2CCC(CCO)CC2)o1. The number of nitrogens with one attached hydrogen (secondary N) is 1. The van der Waals surface area contributed by atoms with Gasteiger partial charge in [-0.05, 0) is 49.4 Å². The summed E-state index contributed by atoms with van der Waals surface area (Å²) in [5, 5.41) is 20.8. The van der Waals surface area contributed by atoms with Crippen molar-refractivity contribution >= 4 is 17.3 Å². The molecule has 0 saturated carbocycles. The number of piperidine rings is 1. The molecule has 0 bridgehead atoms. The quantitative estimate of drug-likeness (QED) is 0.874. The Morgan fingerprint density at radius 2 is 2.04 bits per heavy atom. The normalized spacial score (nSPS) is 15.0. The summed E-state index contributed by atoms with van der Waals surface area (Å²) in [4.78, 5) is 14.6. The number of hydrogen-bond donors (Lipinski definition) is 2. The summed E-state index contributed by atoms with van der Waals surface area (Å²) in [5.74, 6) is 0.428. The number of nitriles is 1. The van der Waals surface area contributed by atoms with Gasteiger partial charge in [0.25, 0.3) is 5.91 Å². The highest BCUT2D eigenvalue weighted by Gasteiger charge is 2.21. The molecule has 25 heavy (non-hydrogen) atoms. The number of hydrogen-bond acceptors (Lipinski definition) is 5. The van der Waals surface area contributed by atoms with Crippen LogP contribution in [-0.4, -0.2) is 30.7 Å². The molecule has 6 nitrogen and oxygen atoms in total. The van der Waals surface area contributed by atoms with Crippen molar-refractivity contribution in [1.82, 2.24) is 0 Å². The number of carbonyl (C=O) groups is 1. The molecule has 6 heteroatoms. The van der Waals surface area contributed by atoms with Crippen LogP contribution in [0.25, 0.3) is 0 Å². The average Bonchev–Trinajstić information content (AvgIpc) is 3.13. The minimum atomic E-state index is -0.371. The van der Waals surface area contributed by atoms with Crippen LogP contribution >= 0.6 is 0 Å². The monoisotopic (exact) mass is 339 g/mol. The number of para-hydroxylation sites is 2. The Balaban J connectivity index is 1.71. The Bertz CT molecular complexity index is 770. The van der Waals surface area contributed by atoms with Gasteiger partial charge in [-0.1, -0.05) is 12.1 Å². The third kappa shape index (κ3) is 4.01. The van der Waals surface area contributed by atoms with Gasteiger partial charge in [0, 0.05) is 19.7 Å². The van der Waals surface area contributed by atoms with E-state index < -0.39 is 0 Å². The Kier molecular flexibility index (Phi) is 5.36. The fraction of sp³-hybridized carbons (Fsp3) is 0.368. The van der Waals surface area contributed by atoms with Crippen molar-refractivity contribution in [3.8, 4) is 6.07 Å². The van der Waals surface area contributed by atoms with Crippen molar-refractivity contribution in [2.24, 2.45) is 5.92 Å². The molecule has 2 N–H and O–H groups in total. The van der Waals surface area contributed by atoms with E-state index in [1.54, 1.807) is 0 Å². The Morgan fingerprint density at radius 1 is 1.28 bits per heavy atom. The molecule has 1 aliphatic heterocycles. The van der Waals surface area contributed by atoms with Crippen molar-refractivity contribution in [3.05, 3.63) is 47.9 Å². The van der Waals surface area contributed by atoms with Crippen LogP contribution in [0.3, 0.4) is 0 Å². The standard InChI is InChI=1S/C19H21N3O3/c20-13-15-5-6-18(25-15)19(24)21-16-3-1-2-4-17(16)22-10-7-14(8-11-22)9-12-23/h1-6,14,23H,7-12H2,(H,21,24). The molecule has 3 rings (SSSR count). The maximum atomic E-state index is 12.4. The number of benzene rings is 1. The molecule has 0 aliphatic carbocycles. The zero-order valence-corrected chi connectivity index (χ0v) is 13.9. The van der Waals surface area contributed by atoms with E-state index in [4.69, 9.17) is 14.8 Å². The first kappa shape index (κ1) is 17.1. The van der Waals surface area contributed by atoms with Crippen LogP contribution in [0, 0.1) is 17.2 Å². The third-order valence-electron chi connectivity index (χ3n) is 4.58. The van der Waals surface area contributed by atoms with Crippen molar-refractivity contribution in [3.63, 3.8) is 0 Å². The summed E-state index contributed by atoms with van der Waals surface area (Å²) in [6, 6.07) is 12.5. The molecule has 1 saturated heterocycles. The van der Waals surface area contributed by atoms with Crippen LogP contribution in [-0.2, 0) is 0 Å². The lowest BCUT2D eigenvalue weighted by Gasteiger charge is -2.34. The number of anilines is 2. The molecule has 2 heterocycles. The van der Waals surface area contributed by atoms with Gasteiger partial charge in [0.1, 0.15) is 6.07 Å². The van der Waals surface area contributed by atoms with Gasteiger partial charge in [-0.3, -0.25) is 4.79 Å². The Morgan fingerprint density at radius 3 is 2.72 bits per heavy atom. The Labute approximate surface area is 146 Å². The van der Waals surface area contributed by atoms with Gasteiger partial charge in [-0.2, -0.15) is 5.26 Å². The fourth-order valence-corrected chi connectivity index (χ4v) is 3.20. The highest BCUT2D eigenvalue weighted by Crippen LogP contribution is 2.31. The van der Waals surface area contributed by atoms with Gasteiger partial charge < -0.3 is 19.7 Å². The molecular formula is C19H21N3O3. The van der Waals surface area contributed by atoms with Gasteiger partial charge in [0.2, 0.25) is 5.76 Å². The van der Waals surface area contributed by atoms with E-state index in [2.05, 4.69) is 10.2 Å². The molecule has 0 unspecified atom stereocenters. The van der Waals surface area contributed by atoms with E-state index in [0.717, 1.165) is 43.7 Å². The zero-order valence-electron chi connectivity index (χ0n) is 13.9. The zero-order chi connectivity index (χ0) is 17.6. The second kappa shape index (κ2) is 7.86. The molecule has 1 amide bonds. The lowest BCUT2D eigenvalue weighted by Crippen LogP contribution is -2.34. The van der Waals surface area contributed by atoms with Gasteiger partial charge in [-0.15, -0.1) is 0 Å². The highest BCUT2D eigenvalue weighted by molar-refractivity contribution is 6.04. The van der Waals surface area contributed by atoms with Gasteiger partial charge in [0.05, 0.1) is 11.4 Å². The smallest absolute Gasteiger partial charge is 0.291 e. The average molecular weight is 339 g/mol. The molecule has 0 atom stereocenters. The van der Waals surface area contributed by atoms with Crippen LogP contribution < -0.4 is 10.2 Å². The van der Waals surface area contributed by atoms with Gasteiger partial charge >= 0.3 is 0 Å². The number of carbonyl (C=O) groups excluding carboxylic acids is 1. The van der Waals surface area contributed by atoms with E-state index in [1.807, 2.05) is 30.3 Å². The van der Waals surface area contributed by atoms with Crippen molar-refractivity contribution in [1.29, 1.82) is 5.26 Å². The minimum Gasteiger partial charge on any atom is -0.440 e. The lowest BCUT2D eigenvalue weighted by molar-refractivity contribution is 0.0996. The highest BCUT2D eigenvalue weighted by atomic mass is 16.3. The molecule has 1 aliphatic rings. The molecule has 1 aromatic carbocycles. The number of amides is 1. The van der Waals surface area contributed by atoms with Crippen molar-refractivity contribution in [2.75, 3.05) is 29.9 Å². The molecule has 2 aromatic rings. The van der Waals surface area contributed by atoms with Crippen LogP contribution in [0.15, 0.2) is 40.8 Å². The number of aliphatic hydroxyl groups excluding tert-OH is 1. The first-order valence-corrected chi connectivity index (χ1v) is 8.47. The van der Waals surface area contributed by atoms with E-state index in [0.29, 0.717) is 5.92 Å². The van der Waals surface area contributed by atoms with Crippen LogP contribution in [0.4, 0.5) is 11.4 Å². The van der Waals surface area contributed by atoms with Crippen molar-refractivity contribution < 1.29 is 14.3 Å². The maximum Gasteiger partial charge on any atom is 0.291 e. The van der Waals surface area contributed by atoms with E-state index in [9.17, 15) is 4.79 Å². The van der Waals surface area contributed by atoms with E-state index >= 15 is 0 Å². The van der Waals surface area contributed by atoms with Crippen LogP contribution in [0.1, 0.15) is 35.6 Å². The lowest BCUT2D eigenvalue weighted by atomic mass is 9.93. The first-order valence-electron chi connectivity index (χ1n) is 8.47. The summed E-state index contributed by atoms with van der Waals surface area (Å²) in [6.07, 6.45) is 2.92. The van der Waals surface area contributed by atoms with Crippen LogP contribution in [0.5, 0.6) is 0 Å². The topological polar surface area (TPSA) is 89.5 Å². The molecule has 130 valence electrons. The van der Waals surface area contributed by atoms with E-state index in [1.165, 1.54) is 12.1 Å². The second-order valence-electron chi connectivity index (χ2n) is 6.19. The number of nitrogens with zero attached hydrogens (tertiary/aromatic N) is 2. The molecule has 0 spiro atoms.